The highest BCUT2D eigenvalue weighted by Gasteiger charge is 2.25. The second-order valence-corrected chi connectivity index (χ2v) is 7.11. The van der Waals surface area contributed by atoms with E-state index >= 15 is 0 Å². The van der Waals surface area contributed by atoms with E-state index in [2.05, 4.69) is 15.6 Å². The summed E-state index contributed by atoms with van der Waals surface area (Å²) >= 11 is 6.14. The molecule has 0 aromatic carbocycles. The molecule has 1 fully saturated rings. The van der Waals surface area contributed by atoms with Gasteiger partial charge in [0.2, 0.25) is 0 Å². The van der Waals surface area contributed by atoms with E-state index in [0.717, 1.165) is 31.4 Å². The maximum atomic E-state index is 11.9. The number of anilines is 1. The minimum Gasteiger partial charge on any atom is -0.444 e. The van der Waals surface area contributed by atoms with E-state index in [1.165, 1.54) is 0 Å². The van der Waals surface area contributed by atoms with Crippen molar-refractivity contribution >= 4 is 23.4 Å². The van der Waals surface area contributed by atoms with E-state index in [1.807, 2.05) is 20.8 Å². The molecule has 122 valence electrons. The van der Waals surface area contributed by atoms with Gasteiger partial charge in [-0.2, -0.15) is 0 Å². The van der Waals surface area contributed by atoms with Crippen molar-refractivity contribution in [3.8, 4) is 0 Å². The van der Waals surface area contributed by atoms with Gasteiger partial charge in [-0.25, -0.2) is 4.79 Å². The lowest BCUT2D eigenvalue weighted by atomic mass is 9.91. The van der Waals surface area contributed by atoms with E-state index < -0.39 is 5.60 Å². The molecule has 2 rings (SSSR count). The number of hydrogen-bond acceptors (Lipinski definition) is 4. The quantitative estimate of drug-likeness (QED) is 0.882. The number of carbonyl (C=O) groups excluding carboxylic acids is 1. The molecule has 1 saturated carbocycles. The molecule has 1 aromatic rings. The van der Waals surface area contributed by atoms with Crippen molar-refractivity contribution in [3.63, 3.8) is 0 Å². The van der Waals surface area contributed by atoms with Crippen LogP contribution in [0.4, 0.5) is 10.5 Å². The number of amides is 1. The van der Waals surface area contributed by atoms with Crippen molar-refractivity contribution in [1.82, 2.24) is 10.3 Å². The summed E-state index contributed by atoms with van der Waals surface area (Å²) in [7, 11) is 0. The fourth-order valence-electron chi connectivity index (χ4n) is 2.63. The predicted octanol–water partition coefficient (Wildman–Crippen LogP) is 3.98. The Morgan fingerprint density at radius 2 is 2.09 bits per heavy atom. The Morgan fingerprint density at radius 1 is 1.36 bits per heavy atom. The second-order valence-electron chi connectivity index (χ2n) is 6.71. The van der Waals surface area contributed by atoms with Crippen LogP contribution in [-0.4, -0.2) is 28.8 Å². The monoisotopic (exact) mass is 325 g/mol. The zero-order valence-electron chi connectivity index (χ0n) is 13.4. The highest BCUT2D eigenvalue weighted by atomic mass is 35.5. The number of nitrogens with zero attached hydrogens (tertiary/aromatic N) is 1. The Kier molecular flexibility index (Phi) is 5.51. The molecule has 1 amide bonds. The lowest BCUT2D eigenvalue weighted by molar-refractivity contribution is 0.0492. The van der Waals surface area contributed by atoms with Crippen LogP contribution in [0.3, 0.4) is 0 Å². The summed E-state index contributed by atoms with van der Waals surface area (Å²) in [6.07, 6.45) is 6.97. The van der Waals surface area contributed by atoms with Crippen LogP contribution < -0.4 is 10.6 Å². The Labute approximate surface area is 136 Å². The average molecular weight is 326 g/mol. The van der Waals surface area contributed by atoms with Crippen molar-refractivity contribution in [2.75, 3.05) is 5.32 Å². The smallest absolute Gasteiger partial charge is 0.407 e. The number of halogens is 1. The third-order valence-corrected chi connectivity index (χ3v) is 3.85. The Hall–Kier alpha value is -1.49. The molecule has 1 aromatic heterocycles. The van der Waals surface area contributed by atoms with Crippen LogP contribution in [-0.2, 0) is 4.74 Å². The van der Waals surface area contributed by atoms with E-state index in [4.69, 9.17) is 16.3 Å². The van der Waals surface area contributed by atoms with E-state index in [1.54, 1.807) is 18.5 Å². The lowest BCUT2D eigenvalue weighted by Gasteiger charge is -2.31. The van der Waals surface area contributed by atoms with Gasteiger partial charge in [-0.1, -0.05) is 11.6 Å². The molecule has 1 heterocycles. The first-order valence-corrected chi connectivity index (χ1v) is 8.07. The predicted molar refractivity (Wildman–Crippen MR) is 88.3 cm³/mol. The number of nitrogens with one attached hydrogen (secondary N) is 2. The molecule has 0 spiro atoms. The molecule has 0 bridgehead atoms. The molecule has 1 aliphatic carbocycles. The van der Waals surface area contributed by atoms with Crippen LogP contribution in [0.15, 0.2) is 18.5 Å². The summed E-state index contributed by atoms with van der Waals surface area (Å²) in [5.74, 6) is 0. The average Bonchev–Trinajstić information content (AvgIpc) is 2.39. The van der Waals surface area contributed by atoms with E-state index in [0.29, 0.717) is 5.02 Å². The Morgan fingerprint density at radius 3 is 2.77 bits per heavy atom. The van der Waals surface area contributed by atoms with Gasteiger partial charge in [-0.15, -0.1) is 0 Å². The van der Waals surface area contributed by atoms with Crippen molar-refractivity contribution in [1.29, 1.82) is 0 Å². The first kappa shape index (κ1) is 16.9. The molecule has 5 nitrogen and oxygen atoms in total. The normalized spacial score (nSPS) is 22.0. The molecule has 2 atom stereocenters. The number of aromatic nitrogens is 1. The summed E-state index contributed by atoms with van der Waals surface area (Å²) in [5, 5.41) is 7.03. The summed E-state index contributed by atoms with van der Waals surface area (Å²) in [4.78, 5) is 15.9. The van der Waals surface area contributed by atoms with Gasteiger partial charge in [-0.05, 0) is 52.5 Å². The Bertz CT molecular complexity index is 516. The number of ether oxygens (including phenoxy) is 1. The van der Waals surface area contributed by atoms with E-state index in [-0.39, 0.29) is 18.2 Å². The number of rotatable bonds is 3. The molecule has 1 aliphatic rings. The van der Waals surface area contributed by atoms with Gasteiger partial charge in [0.15, 0.2) is 0 Å². The highest BCUT2D eigenvalue weighted by molar-refractivity contribution is 6.33. The zero-order valence-corrected chi connectivity index (χ0v) is 14.1. The fourth-order valence-corrected chi connectivity index (χ4v) is 2.79. The largest absolute Gasteiger partial charge is 0.444 e. The van der Waals surface area contributed by atoms with Crippen molar-refractivity contribution in [3.05, 3.63) is 23.5 Å². The second kappa shape index (κ2) is 7.18. The van der Waals surface area contributed by atoms with Gasteiger partial charge in [-0.3, -0.25) is 4.98 Å². The molecular formula is C16H24ClN3O2. The molecule has 0 saturated heterocycles. The minimum atomic E-state index is -0.473. The van der Waals surface area contributed by atoms with Crippen molar-refractivity contribution in [2.24, 2.45) is 0 Å². The number of pyridine rings is 1. The van der Waals surface area contributed by atoms with Crippen molar-refractivity contribution < 1.29 is 9.53 Å². The van der Waals surface area contributed by atoms with Gasteiger partial charge in [0, 0.05) is 18.3 Å². The third-order valence-electron chi connectivity index (χ3n) is 3.52. The first-order valence-electron chi connectivity index (χ1n) is 7.69. The minimum absolute atomic E-state index is 0.122. The van der Waals surface area contributed by atoms with Crippen LogP contribution in [0.25, 0.3) is 0 Å². The van der Waals surface area contributed by atoms with Gasteiger partial charge in [0.25, 0.3) is 0 Å². The first-order chi connectivity index (χ1) is 10.3. The number of hydrogen-bond donors (Lipinski definition) is 2. The summed E-state index contributed by atoms with van der Waals surface area (Å²) in [5.41, 5.74) is 0.367. The highest BCUT2D eigenvalue weighted by Crippen LogP contribution is 2.26. The third kappa shape index (κ3) is 5.37. The molecular weight excluding hydrogens is 302 g/mol. The molecule has 2 unspecified atom stereocenters. The molecule has 0 aliphatic heterocycles. The summed E-state index contributed by atoms with van der Waals surface area (Å²) < 4.78 is 5.31. The molecule has 6 heteroatoms. The molecule has 0 radical (unpaired) electrons. The number of alkyl carbamates (subject to hydrolysis) is 1. The SMILES string of the molecule is CC(C)(C)OC(=O)NC1CCCC(Nc2cnccc2Cl)C1. The van der Waals surface area contributed by atoms with Crippen LogP contribution in [0.1, 0.15) is 46.5 Å². The lowest BCUT2D eigenvalue weighted by Crippen LogP contribution is -2.43. The van der Waals surface area contributed by atoms with Gasteiger partial charge in [0.05, 0.1) is 16.9 Å². The van der Waals surface area contributed by atoms with Gasteiger partial charge >= 0.3 is 6.09 Å². The van der Waals surface area contributed by atoms with Crippen LogP contribution in [0, 0.1) is 0 Å². The number of carbonyl (C=O) groups is 1. The van der Waals surface area contributed by atoms with Crippen molar-refractivity contribution in [2.45, 2.75) is 64.1 Å². The Balaban J connectivity index is 1.87. The zero-order chi connectivity index (χ0) is 16.2. The van der Waals surface area contributed by atoms with Crippen LogP contribution in [0.2, 0.25) is 5.02 Å². The summed E-state index contributed by atoms with van der Waals surface area (Å²) in [6.45, 7) is 5.59. The van der Waals surface area contributed by atoms with Crippen LogP contribution >= 0.6 is 11.6 Å². The summed E-state index contributed by atoms with van der Waals surface area (Å²) in [6, 6.07) is 2.16. The maximum absolute atomic E-state index is 11.9. The standard InChI is InChI=1S/C16H24ClN3O2/c1-16(2,3)22-15(21)20-12-6-4-5-11(9-12)19-14-10-18-8-7-13(14)17/h7-8,10-12,19H,4-6,9H2,1-3H3,(H,20,21). The van der Waals surface area contributed by atoms with Gasteiger partial charge < -0.3 is 15.4 Å². The fraction of sp³-hybridized carbons (Fsp3) is 0.625. The van der Waals surface area contributed by atoms with Gasteiger partial charge in [0.1, 0.15) is 5.60 Å². The topological polar surface area (TPSA) is 63.2 Å². The van der Waals surface area contributed by atoms with Crippen LogP contribution in [0.5, 0.6) is 0 Å². The van der Waals surface area contributed by atoms with E-state index in [9.17, 15) is 4.79 Å². The molecule has 22 heavy (non-hydrogen) atoms. The molecule has 2 N–H and O–H groups in total. The maximum Gasteiger partial charge on any atom is 0.407 e.